The van der Waals surface area contributed by atoms with Gasteiger partial charge < -0.3 is 0 Å². The maximum atomic E-state index is 12.6. The summed E-state index contributed by atoms with van der Waals surface area (Å²) >= 11 is 0. The fraction of sp³-hybridized carbons (Fsp3) is 0.545. The second kappa shape index (κ2) is 5.19. The van der Waals surface area contributed by atoms with Gasteiger partial charge in [-0.05, 0) is 30.9 Å². The lowest BCUT2D eigenvalue weighted by Crippen LogP contribution is -2.41. The Morgan fingerprint density at radius 3 is 2.61 bits per heavy atom. The van der Waals surface area contributed by atoms with E-state index in [1.165, 1.54) is 16.6 Å². The number of nitrogens with zero attached hydrogens (tertiary/aromatic N) is 2. The molecule has 0 radical (unpaired) electrons. The first-order chi connectivity index (χ1) is 8.47. The molecule has 100 valence electrons. The molecule has 0 aromatic carbocycles. The summed E-state index contributed by atoms with van der Waals surface area (Å²) < 4.78 is 40.5. The average molecular weight is 273 g/mol. The molecule has 2 heterocycles. The standard InChI is InChI=1S/C11H16FN3O2S/c1-9-4-6-15(7-5-9)18(16,17)14-10-2-3-11(12)13-8-10/h2-3,8-9,14H,4-7H2,1H3. The Morgan fingerprint density at radius 1 is 1.39 bits per heavy atom. The van der Waals surface area contributed by atoms with E-state index in [0.717, 1.165) is 18.9 Å². The van der Waals surface area contributed by atoms with Gasteiger partial charge in [0.25, 0.3) is 0 Å². The van der Waals surface area contributed by atoms with E-state index >= 15 is 0 Å². The molecule has 1 aliphatic rings. The maximum absolute atomic E-state index is 12.6. The molecule has 18 heavy (non-hydrogen) atoms. The van der Waals surface area contributed by atoms with Crippen molar-refractivity contribution in [3.05, 3.63) is 24.3 Å². The number of anilines is 1. The minimum Gasteiger partial charge on any atom is -0.269 e. The average Bonchev–Trinajstić information content (AvgIpc) is 2.32. The number of rotatable bonds is 3. The monoisotopic (exact) mass is 273 g/mol. The number of pyridine rings is 1. The zero-order valence-corrected chi connectivity index (χ0v) is 11.0. The molecule has 0 unspecified atom stereocenters. The lowest BCUT2D eigenvalue weighted by Gasteiger charge is -2.29. The van der Waals surface area contributed by atoms with E-state index in [-0.39, 0.29) is 5.69 Å². The highest BCUT2D eigenvalue weighted by Crippen LogP contribution is 2.20. The third kappa shape index (κ3) is 3.17. The van der Waals surface area contributed by atoms with E-state index in [1.807, 2.05) is 0 Å². The number of hydrogen-bond acceptors (Lipinski definition) is 3. The third-order valence-corrected chi connectivity index (χ3v) is 4.60. The van der Waals surface area contributed by atoms with Crippen LogP contribution >= 0.6 is 0 Å². The summed E-state index contributed by atoms with van der Waals surface area (Å²) in [4.78, 5) is 3.41. The van der Waals surface area contributed by atoms with Crippen molar-refractivity contribution in [2.45, 2.75) is 19.8 Å². The molecule has 0 aliphatic carbocycles. The Hall–Kier alpha value is -1.21. The Bertz CT molecular complexity index is 496. The van der Waals surface area contributed by atoms with Gasteiger partial charge in [-0.1, -0.05) is 6.92 Å². The van der Waals surface area contributed by atoms with Gasteiger partial charge >= 0.3 is 10.2 Å². The number of hydrogen-bond donors (Lipinski definition) is 1. The van der Waals surface area contributed by atoms with Crippen LogP contribution in [-0.2, 0) is 10.2 Å². The van der Waals surface area contributed by atoms with Crippen molar-refractivity contribution in [1.82, 2.24) is 9.29 Å². The first-order valence-corrected chi connectivity index (χ1v) is 7.31. The fourth-order valence-electron chi connectivity index (χ4n) is 1.87. The van der Waals surface area contributed by atoms with Crippen molar-refractivity contribution < 1.29 is 12.8 Å². The van der Waals surface area contributed by atoms with Gasteiger partial charge in [0.2, 0.25) is 5.95 Å². The smallest absolute Gasteiger partial charge is 0.269 e. The predicted octanol–water partition coefficient (Wildman–Crippen LogP) is 1.61. The molecule has 2 rings (SSSR count). The van der Waals surface area contributed by atoms with E-state index in [9.17, 15) is 12.8 Å². The largest absolute Gasteiger partial charge is 0.301 e. The van der Waals surface area contributed by atoms with Crippen LogP contribution in [0.25, 0.3) is 0 Å². The summed E-state index contributed by atoms with van der Waals surface area (Å²) in [5.41, 5.74) is 0.273. The predicted molar refractivity (Wildman–Crippen MR) is 66.7 cm³/mol. The Labute approximate surface area is 106 Å². The van der Waals surface area contributed by atoms with Gasteiger partial charge in [0, 0.05) is 13.1 Å². The summed E-state index contributed by atoms with van der Waals surface area (Å²) in [6, 6.07) is 2.47. The first-order valence-electron chi connectivity index (χ1n) is 5.87. The number of aromatic nitrogens is 1. The third-order valence-electron chi connectivity index (χ3n) is 3.06. The van der Waals surface area contributed by atoms with Gasteiger partial charge in [-0.15, -0.1) is 0 Å². The van der Waals surface area contributed by atoms with Crippen LogP contribution < -0.4 is 4.72 Å². The summed E-state index contributed by atoms with van der Waals surface area (Å²) in [5.74, 6) is -0.0753. The van der Waals surface area contributed by atoms with Crippen LogP contribution in [0.15, 0.2) is 18.3 Å². The number of nitrogens with one attached hydrogen (secondary N) is 1. The van der Waals surface area contributed by atoms with Gasteiger partial charge in [-0.3, -0.25) is 4.72 Å². The second-order valence-corrected chi connectivity index (χ2v) is 6.23. The van der Waals surface area contributed by atoms with Gasteiger partial charge in [0.15, 0.2) is 0 Å². The molecule has 0 saturated carbocycles. The summed E-state index contributed by atoms with van der Waals surface area (Å²) in [6.45, 7) is 3.15. The second-order valence-electron chi connectivity index (χ2n) is 4.56. The van der Waals surface area contributed by atoms with Gasteiger partial charge in [-0.25, -0.2) is 4.98 Å². The fourth-order valence-corrected chi connectivity index (χ4v) is 3.11. The molecule has 1 aromatic heterocycles. The van der Waals surface area contributed by atoms with Crippen molar-refractivity contribution >= 4 is 15.9 Å². The zero-order valence-electron chi connectivity index (χ0n) is 10.1. The Kier molecular flexibility index (Phi) is 3.82. The molecule has 0 atom stereocenters. The Balaban J connectivity index is 2.05. The molecule has 1 aromatic rings. The SMILES string of the molecule is CC1CCN(S(=O)(=O)Nc2ccc(F)nc2)CC1. The van der Waals surface area contributed by atoms with Crippen LogP contribution in [0.1, 0.15) is 19.8 Å². The highest BCUT2D eigenvalue weighted by atomic mass is 32.2. The quantitative estimate of drug-likeness (QED) is 0.851. The molecular weight excluding hydrogens is 257 g/mol. The normalized spacial score (nSPS) is 18.8. The molecule has 5 nitrogen and oxygen atoms in total. The van der Waals surface area contributed by atoms with Crippen LogP contribution in [0, 0.1) is 11.9 Å². The lowest BCUT2D eigenvalue weighted by atomic mass is 10.0. The van der Waals surface area contributed by atoms with Crippen LogP contribution in [0.2, 0.25) is 0 Å². The maximum Gasteiger partial charge on any atom is 0.301 e. The first kappa shape index (κ1) is 13.2. The molecule has 1 aliphatic heterocycles. The molecule has 1 N–H and O–H groups in total. The topological polar surface area (TPSA) is 62.3 Å². The molecular formula is C11H16FN3O2S. The Morgan fingerprint density at radius 2 is 2.06 bits per heavy atom. The minimum absolute atomic E-state index is 0.273. The van der Waals surface area contributed by atoms with Crippen molar-refractivity contribution in [2.24, 2.45) is 5.92 Å². The molecule has 0 spiro atoms. The van der Waals surface area contributed by atoms with Crippen LogP contribution in [0.4, 0.5) is 10.1 Å². The van der Waals surface area contributed by atoms with E-state index in [1.54, 1.807) is 0 Å². The summed E-state index contributed by atoms with van der Waals surface area (Å²) in [5, 5.41) is 0. The minimum atomic E-state index is -3.55. The van der Waals surface area contributed by atoms with Gasteiger partial charge in [0.05, 0.1) is 11.9 Å². The van der Waals surface area contributed by atoms with Crippen molar-refractivity contribution in [2.75, 3.05) is 17.8 Å². The van der Waals surface area contributed by atoms with Crippen LogP contribution in [0.3, 0.4) is 0 Å². The molecule has 0 bridgehead atoms. The lowest BCUT2D eigenvalue weighted by molar-refractivity contribution is 0.289. The summed E-state index contributed by atoms with van der Waals surface area (Å²) in [6.07, 6.45) is 2.89. The van der Waals surface area contributed by atoms with Crippen molar-refractivity contribution in [3.63, 3.8) is 0 Å². The molecule has 7 heteroatoms. The van der Waals surface area contributed by atoms with E-state index < -0.39 is 16.2 Å². The van der Waals surface area contributed by atoms with E-state index in [0.29, 0.717) is 19.0 Å². The molecule has 1 fully saturated rings. The summed E-state index contributed by atoms with van der Waals surface area (Å²) in [7, 11) is -3.55. The van der Waals surface area contributed by atoms with E-state index in [4.69, 9.17) is 0 Å². The van der Waals surface area contributed by atoms with Gasteiger partial charge in [0.1, 0.15) is 0 Å². The molecule has 0 amide bonds. The highest BCUT2D eigenvalue weighted by Gasteiger charge is 2.26. The zero-order chi connectivity index (χ0) is 13.2. The van der Waals surface area contributed by atoms with Gasteiger partial charge in [-0.2, -0.15) is 17.1 Å². The number of halogens is 1. The van der Waals surface area contributed by atoms with Crippen LogP contribution in [-0.4, -0.2) is 30.8 Å². The molecule has 1 saturated heterocycles. The van der Waals surface area contributed by atoms with E-state index in [2.05, 4.69) is 16.6 Å². The van der Waals surface area contributed by atoms with Crippen molar-refractivity contribution in [1.29, 1.82) is 0 Å². The van der Waals surface area contributed by atoms with Crippen LogP contribution in [0.5, 0.6) is 0 Å². The highest BCUT2D eigenvalue weighted by molar-refractivity contribution is 7.90. The number of piperidine rings is 1. The van der Waals surface area contributed by atoms with Crippen molar-refractivity contribution in [3.8, 4) is 0 Å².